The first kappa shape index (κ1) is 8.70. The molecular weight excluding hydrogens is 158 g/mol. The van der Waals surface area contributed by atoms with Crippen molar-refractivity contribution in [3.05, 3.63) is 11.9 Å². The maximum Gasteiger partial charge on any atom is 0.309 e. The van der Waals surface area contributed by atoms with Crippen molar-refractivity contribution in [2.75, 3.05) is 0 Å². The van der Waals surface area contributed by atoms with Gasteiger partial charge in [-0.3, -0.25) is 4.79 Å². The van der Waals surface area contributed by atoms with E-state index in [2.05, 4.69) is 15.4 Å². The summed E-state index contributed by atoms with van der Waals surface area (Å²) in [6.07, 6.45) is 1.92. The molecule has 0 fully saturated rings. The first-order valence-electron chi connectivity index (χ1n) is 3.60. The third-order valence-corrected chi connectivity index (χ3v) is 1.67. The highest BCUT2D eigenvalue weighted by Crippen LogP contribution is 2.19. The minimum absolute atomic E-state index is 0.388. The van der Waals surface area contributed by atoms with Crippen LogP contribution in [0.2, 0.25) is 0 Å². The van der Waals surface area contributed by atoms with E-state index in [0.29, 0.717) is 12.1 Å². The van der Waals surface area contributed by atoms with E-state index in [1.165, 1.54) is 6.20 Å². The molecule has 1 aromatic rings. The van der Waals surface area contributed by atoms with Crippen LogP contribution in [0, 0.1) is 5.41 Å². The number of aromatic amines is 1. The Balaban J connectivity index is 2.69. The topological polar surface area (TPSA) is 78.9 Å². The maximum atomic E-state index is 10.7. The number of nitrogens with zero attached hydrogens (tertiary/aromatic N) is 2. The zero-order valence-electron chi connectivity index (χ0n) is 7.03. The Morgan fingerprint density at radius 1 is 1.75 bits per heavy atom. The molecular formula is C7H11N3O2. The summed E-state index contributed by atoms with van der Waals surface area (Å²) in [4.78, 5) is 10.7. The fraction of sp³-hybridized carbons (Fsp3) is 0.571. The number of rotatable bonds is 3. The minimum Gasteiger partial charge on any atom is -0.481 e. The highest BCUT2D eigenvalue weighted by molar-refractivity contribution is 5.73. The number of hydrogen-bond donors (Lipinski definition) is 2. The van der Waals surface area contributed by atoms with Gasteiger partial charge in [0.1, 0.15) is 0 Å². The quantitative estimate of drug-likeness (QED) is 0.688. The van der Waals surface area contributed by atoms with Gasteiger partial charge in [-0.2, -0.15) is 15.4 Å². The van der Waals surface area contributed by atoms with Crippen LogP contribution in [0.3, 0.4) is 0 Å². The van der Waals surface area contributed by atoms with Gasteiger partial charge in [0.25, 0.3) is 0 Å². The Hall–Kier alpha value is -1.39. The van der Waals surface area contributed by atoms with Crippen LogP contribution in [0.1, 0.15) is 19.5 Å². The normalized spacial score (nSPS) is 11.5. The molecule has 66 valence electrons. The van der Waals surface area contributed by atoms with Crippen LogP contribution in [-0.2, 0) is 11.2 Å². The number of H-pyrrole nitrogens is 1. The summed E-state index contributed by atoms with van der Waals surface area (Å²) >= 11 is 0. The zero-order chi connectivity index (χ0) is 9.19. The van der Waals surface area contributed by atoms with Crippen LogP contribution in [0.4, 0.5) is 0 Å². The average Bonchev–Trinajstić information content (AvgIpc) is 2.38. The lowest BCUT2D eigenvalue weighted by molar-refractivity contribution is -0.146. The van der Waals surface area contributed by atoms with Gasteiger partial charge in [-0.05, 0) is 13.8 Å². The number of aromatic nitrogens is 3. The van der Waals surface area contributed by atoms with E-state index in [0.717, 1.165) is 0 Å². The lowest BCUT2D eigenvalue weighted by atomic mass is 9.88. The second kappa shape index (κ2) is 2.92. The molecule has 2 N–H and O–H groups in total. The van der Waals surface area contributed by atoms with Gasteiger partial charge in [0.15, 0.2) is 0 Å². The molecule has 5 nitrogen and oxygen atoms in total. The number of hydrogen-bond acceptors (Lipinski definition) is 3. The van der Waals surface area contributed by atoms with Gasteiger partial charge in [0, 0.05) is 6.42 Å². The summed E-state index contributed by atoms with van der Waals surface area (Å²) in [6.45, 7) is 3.31. The third kappa shape index (κ3) is 1.81. The number of carbonyl (C=O) groups is 1. The Kier molecular flexibility index (Phi) is 2.12. The lowest BCUT2D eigenvalue weighted by Crippen LogP contribution is -2.26. The van der Waals surface area contributed by atoms with Crippen LogP contribution in [0.25, 0.3) is 0 Å². The second-order valence-electron chi connectivity index (χ2n) is 3.33. The largest absolute Gasteiger partial charge is 0.481 e. The third-order valence-electron chi connectivity index (χ3n) is 1.67. The van der Waals surface area contributed by atoms with E-state index in [1.807, 2.05) is 0 Å². The molecule has 0 bridgehead atoms. The van der Waals surface area contributed by atoms with Crippen LogP contribution in [0.15, 0.2) is 6.20 Å². The van der Waals surface area contributed by atoms with E-state index in [4.69, 9.17) is 5.11 Å². The number of carboxylic acids is 1. The molecule has 1 rings (SSSR count). The maximum absolute atomic E-state index is 10.7. The summed E-state index contributed by atoms with van der Waals surface area (Å²) in [6, 6.07) is 0. The van der Waals surface area contributed by atoms with Gasteiger partial charge in [-0.25, -0.2) is 0 Å². The monoisotopic (exact) mass is 169 g/mol. The Labute approximate surface area is 69.8 Å². The van der Waals surface area contributed by atoms with Gasteiger partial charge in [-0.15, -0.1) is 0 Å². The molecule has 0 aliphatic rings. The molecule has 0 atom stereocenters. The van der Waals surface area contributed by atoms with Crippen LogP contribution >= 0.6 is 0 Å². The summed E-state index contributed by atoms with van der Waals surface area (Å²) in [7, 11) is 0. The molecule has 1 heterocycles. The van der Waals surface area contributed by atoms with Gasteiger partial charge < -0.3 is 5.11 Å². The van der Waals surface area contributed by atoms with E-state index < -0.39 is 11.4 Å². The van der Waals surface area contributed by atoms with Crippen molar-refractivity contribution in [3.8, 4) is 0 Å². The SMILES string of the molecule is CC(C)(Cc1cn[nH]n1)C(=O)O. The molecule has 0 spiro atoms. The first-order valence-corrected chi connectivity index (χ1v) is 3.60. The van der Waals surface area contributed by atoms with Gasteiger partial charge in [0.2, 0.25) is 0 Å². The molecule has 0 aliphatic carbocycles. The van der Waals surface area contributed by atoms with Gasteiger partial charge in [-0.1, -0.05) is 0 Å². The van der Waals surface area contributed by atoms with Gasteiger partial charge >= 0.3 is 5.97 Å². The highest BCUT2D eigenvalue weighted by Gasteiger charge is 2.28. The van der Waals surface area contributed by atoms with E-state index in [9.17, 15) is 4.79 Å². The smallest absolute Gasteiger partial charge is 0.309 e. The first-order chi connectivity index (χ1) is 5.52. The van der Waals surface area contributed by atoms with Crippen LogP contribution in [0.5, 0.6) is 0 Å². The molecule has 0 aromatic carbocycles. The lowest BCUT2D eigenvalue weighted by Gasteiger charge is -2.16. The fourth-order valence-electron chi connectivity index (χ4n) is 0.839. The average molecular weight is 169 g/mol. The van der Waals surface area contributed by atoms with Crippen molar-refractivity contribution in [1.82, 2.24) is 15.4 Å². The van der Waals surface area contributed by atoms with E-state index >= 15 is 0 Å². The highest BCUT2D eigenvalue weighted by atomic mass is 16.4. The summed E-state index contributed by atoms with van der Waals surface area (Å²) < 4.78 is 0. The van der Waals surface area contributed by atoms with Crippen molar-refractivity contribution in [2.45, 2.75) is 20.3 Å². The standard InChI is InChI=1S/C7H11N3O2/c1-7(2,6(11)12)3-5-4-8-10-9-5/h4H,3H2,1-2H3,(H,11,12)(H,8,9,10). The Morgan fingerprint density at radius 2 is 2.42 bits per heavy atom. The second-order valence-corrected chi connectivity index (χ2v) is 3.33. The molecule has 0 unspecified atom stereocenters. The van der Waals surface area contributed by atoms with E-state index in [1.54, 1.807) is 13.8 Å². The number of carboxylic acid groups (broad SMARTS) is 1. The molecule has 5 heteroatoms. The predicted octanol–water partition coefficient (Wildman–Crippen LogP) is 0.458. The van der Waals surface area contributed by atoms with Crippen LogP contribution in [-0.4, -0.2) is 26.5 Å². The molecule has 0 saturated carbocycles. The van der Waals surface area contributed by atoms with Gasteiger partial charge in [0.05, 0.1) is 17.3 Å². The van der Waals surface area contributed by atoms with Crippen molar-refractivity contribution < 1.29 is 9.90 Å². The van der Waals surface area contributed by atoms with E-state index in [-0.39, 0.29) is 0 Å². The molecule has 0 saturated heterocycles. The summed E-state index contributed by atoms with van der Waals surface area (Å²) in [5, 5.41) is 18.6. The number of aliphatic carboxylic acids is 1. The molecule has 0 radical (unpaired) electrons. The summed E-state index contributed by atoms with van der Waals surface area (Å²) in [5.74, 6) is -0.828. The Bertz CT molecular complexity index is 266. The van der Waals surface area contributed by atoms with Crippen molar-refractivity contribution >= 4 is 5.97 Å². The summed E-state index contributed by atoms with van der Waals surface area (Å²) in [5.41, 5.74) is -0.112. The van der Waals surface area contributed by atoms with Crippen molar-refractivity contribution in [2.24, 2.45) is 5.41 Å². The van der Waals surface area contributed by atoms with Crippen LogP contribution < -0.4 is 0 Å². The molecule has 0 amide bonds. The van der Waals surface area contributed by atoms with Crippen molar-refractivity contribution in [1.29, 1.82) is 0 Å². The molecule has 1 aromatic heterocycles. The zero-order valence-corrected chi connectivity index (χ0v) is 7.03. The predicted molar refractivity (Wildman–Crippen MR) is 41.5 cm³/mol. The van der Waals surface area contributed by atoms with Crippen molar-refractivity contribution in [3.63, 3.8) is 0 Å². The molecule has 0 aliphatic heterocycles. The number of nitrogens with one attached hydrogen (secondary N) is 1. The molecule has 12 heavy (non-hydrogen) atoms. The fourth-order valence-corrected chi connectivity index (χ4v) is 0.839. The minimum atomic E-state index is -0.828. The Morgan fingerprint density at radius 3 is 2.83 bits per heavy atom.